The minimum atomic E-state index is -0.296. The second-order valence-corrected chi connectivity index (χ2v) is 6.64. The second kappa shape index (κ2) is 7.29. The summed E-state index contributed by atoms with van der Waals surface area (Å²) >= 11 is 0. The van der Waals surface area contributed by atoms with Gasteiger partial charge in [-0.25, -0.2) is 0 Å². The topological polar surface area (TPSA) is 78.5 Å². The van der Waals surface area contributed by atoms with Crippen LogP contribution in [0.5, 0.6) is 0 Å². The van der Waals surface area contributed by atoms with Crippen LogP contribution >= 0.6 is 0 Å². The number of benzene rings is 1. The molecule has 7 heteroatoms. The first-order valence-electron chi connectivity index (χ1n) is 9.02. The number of aromatic amines is 1. The van der Waals surface area contributed by atoms with Gasteiger partial charge in [0.05, 0.1) is 17.5 Å². The van der Waals surface area contributed by atoms with Crippen molar-refractivity contribution >= 4 is 11.8 Å². The number of carbonyl (C=O) groups is 2. The van der Waals surface area contributed by atoms with Gasteiger partial charge >= 0.3 is 0 Å². The zero-order valence-corrected chi connectivity index (χ0v) is 14.6. The molecule has 26 heavy (non-hydrogen) atoms. The average Bonchev–Trinajstić information content (AvgIpc) is 3.39. The van der Waals surface area contributed by atoms with Crippen molar-refractivity contribution in [2.75, 3.05) is 32.8 Å². The van der Waals surface area contributed by atoms with Crippen LogP contribution in [0.15, 0.2) is 36.5 Å². The molecule has 7 nitrogen and oxygen atoms in total. The molecule has 2 aliphatic rings. The zero-order valence-electron chi connectivity index (χ0n) is 14.6. The van der Waals surface area contributed by atoms with E-state index in [1.807, 2.05) is 35.2 Å². The molecule has 2 fully saturated rings. The number of amides is 2. The zero-order chi connectivity index (χ0) is 17.9. The summed E-state index contributed by atoms with van der Waals surface area (Å²) in [6, 6.07) is 9.69. The molecule has 136 valence electrons. The summed E-state index contributed by atoms with van der Waals surface area (Å²) in [5, 5.41) is 6.98. The molecular formula is C19H22N4O3. The van der Waals surface area contributed by atoms with Gasteiger partial charge in [-0.1, -0.05) is 30.3 Å². The Morgan fingerprint density at radius 1 is 1.08 bits per heavy atom. The molecular weight excluding hydrogens is 332 g/mol. The third-order valence-corrected chi connectivity index (χ3v) is 5.02. The lowest BCUT2D eigenvalue weighted by atomic mass is 10.1. The van der Waals surface area contributed by atoms with Crippen molar-refractivity contribution in [2.45, 2.75) is 18.9 Å². The van der Waals surface area contributed by atoms with Crippen LogP contribution < -0.4 is 0 Å². The standard InChI is InChI=1S/C19H22N4O3/c24-18(15-13-20-21-17(15)14-5-2-1-3-6-14)22-8-10-23(11-9-22)19(25)16-7-4-12-26-16/h1-3,5-6,13,16H,4,7-12H2,(H,20,21). The molecule has 2 amide bonds. The second-order valence-electron chi connectivity index (χ2n) is 6.64. The molecule has 0 bridgehead atoms. The van der Waals surface area contributed by atoms with E-state index in [0.717, 1.165) is 24.1 Å². The fourth-order valence-corrected chi connectivity index (χ4v) is 3.55. The maximum absolute atomic E-state index is 12.9. The van der Waals surface area contributed by atoms with Crippen molar-refractivity contribution in [3.8, 4) is 11.3 Å². The maximum Gasteiger partial charge on any atom is 0.257 e. The molecule has 1 aromatic heterocycles. The van der Waals surface area contributed by atoms with Crippen molar-refractivity contribution in [1.82, 2.24) is 20.0 Å². The summed E-state index contributed by atoms with van der Waals surface area (Å²) in [4.78, 5) is 29.0. The Morgan fingerprint density at radius 2 is 1.81 bits per heavy atom. The SMILES string of the molecule is O=C(c1cn[nH]c1-c1ccccc1)N1CCN(C(=O)C2CCCO2)CC1. The van der Waals surface area contributed by atoms with Crippen LogP contribution in [0.2, 0.25) is 0 Å². The van der Waals surface area contributed by atoms with E-state index < -0.39 is 0 Å². The van der Waals surface area contributed by atoms with E-state index in [9.17, 15) is 9.59 Å². The van der Waals surface area contributed by atoms with Crippen LogP contribution in [0.25, 0.3) is 11.3 Å². The molecule has 2 saturated heterocycles. The van der Waals surface area contributed by atoms with E-state index in [1.54, 1.807) is 11.1 Å². The van der Waals surface area contributed by atoms with Crippen molar-refractivity contribution in [3.63, 3.8) is 0 Å². The lowest BCUT2D eigenvalue weighted by Gasteiger charge is -2.35. The normalized spacial score (nSPS) is 20.4. The van der Waals surface area contributed by atoms with Gasteiger partial charge in [0.25, 0.3) is 11.8 Å². The van der Waals surface area contributed by atoms with Gasteiger partial charge < -0.3 is 14.5 Å². The van der Waals surface area contributed by atoms with Gasteiger partial charge in [-0.2, -0.15) is 5.10 Å². The van der Waals surface area contributed by atoms with E-state index in [2.05, 4.69) is 10.2 Å². The molecule has 1 aromatic carbocycles. The highest BCUT2D eigenvalue weighted by atomic mass is 16.5. The number of piperazine rings is 1. The molecule has 1 unspecified atom stereocenters. The molecule has 4 rings (SSSR count). The van der Waals surface area contributed by atoms with Gasteiger partial charge in [0, 0.05) is 38.3 Å². The third-order valence-electron chi connectivity index (χ3n) is 5.02. The monoisotopic (exact) mass is 354 g/mol. The van der Waals surface area contributed by atoms with Gasteiger partial charge in [-0.15, -0.1) is 0 Å². The quantitative estimate of drug-likeness (QED) is 0.907. The van der Waals surface area contributed by atoms with Crippen molar-refractivity contribution in [2.24, 2.45) is 0 Å². The largest absolute Gasteiger partial charge is 0.368 e. The fourth-order valence-electron chi connectivity index (χ4n) is 3.55. The maximum atomic E-state index is 12.9. The summed E-state index contributed by atoms with van der Waals surface area (Å²) in [5.74, 6) is 0.00435. The fraction of sp³-hybridized carbons (Fsp3) is 0.421. The summed E-state index contributed by atoms with van der Waals surface area (Å²) in [5.41, 5.74) is 2.23. The smallest absolute Gasteiger partial charge is 0.257 e. The number of nitrogens with zero attached hydrogens (tertiary/aromatic N) is 3. The Hall–Kier alpha value is -2.67. The predicted molar refractivity (Wildman–Crippen MR) is 95.5 cm³/mol. The molecule has 1 N–H and O–H groups in total. The van der Waals surface area contributed by atoms with Gasteiger partial charge in [-0.3, -0.25) is 14.7 Å². The molecule has 1 atom stereocenters. The Labute approximate surface area is 151 Å². The molecule has 2 aliphatic heterocycles. The lowest BCUT2D eigenvalue weighted by Crippen LogP contribution is -2.52. The minimum Gasteiger partial charge on any atom is -0.368 e. The number of nitrogens with one attached hydrogen (secondary N) is 1. The van der Waals surface area contributed by atoms with Crippen LogP contribution in [0.4, 0.5) is 0 Å². The van der Waals surface area contributed by atoms with Crippen LogP contribution in [-0.4, -0.2) is 70.7 Å². The van der Waals surface area contributed by atoms with E-state index in [0.29, 0.717) is 38.3 Å². The first-order valence-corrected chi connectivity index (χ1v) is 9.02. The highest BCUT2D eigenvalue weighted by Crippen LogP contribution is 2.23. The summed E-state index contributed by atoms with van der Waals surface area (Å²) in [6.45, 7) is 2.80. The summed E-state index contributed by atoms with van der Waals surface area (Å²) in [6.07, 6.45) is 3.02. The predicted octanol–water partition coefficient (Wildman–Crippen LogP) is 1.54. The van der Waals surface area contributed by atoms with E-state index in [4.69, 9.17) is 4.74 Å². The number of H-pyrrole nitrogens is 1. The lowest BCUT2D eigenvalue weighted by molar-refractivity contribution is -0.142. The van der Waals surface area contributed by atoms with Crippen LogP contribution in [0.3, 0.4) is 0 Å². The van der Waals surface area contributed by atoms with Crippen molar-refractivity contribution in [3.05, 3.63) is 42.1 Å². The average molecular weight is 354 g/mol. The van der Waals surface area contributed by atoms with E-state index in [-0.39, 0.29) is 17.9 Å². The first-order chi connectivity index (χ1) is 12.7. The number of rotatable bonds is 3. The van der Waals surface area contributed by atoms with Crippen LogP contribution in [-0.2, 0) is 9.53 Å². The Morgan fingerprint density at radius 3 is 2.50 bits per heavy atom. The summed E-state index contributed by atoms with van der Waals surface area (Å²) in [7, 11) is 0. The number of aromatic nitrogens is 2. The Bertz CT molecular complexity index is 775. The molecule has 0 radical (unpaired) electrons. The highest BCUT2D eigenvalue weighted by Gasteiger charge is 2.32. The number of hydrogen-bond acceptors (Lipinski definition) is 4. The van der Waals surface area contributed by atoms with Gasteiger partial charge in [0.15, 0.2) is 0 Å². The van der Waals surface area contributed by atoms with Gasteiger partial charge in [0.2, 0.25) is 0 Å². The molecule has 0 saturated carbocycles. The third kappa shape index (κ3) is 3.22. The number of hydrogen-bond donors (Lipinski definition) is 1. The van der Waals surface area contributed by atoms with E-state index in [1.165, 1.54) is 0 Å². The van der Waals surface area contributed by atoms with Crippen LogP contribution in [0.1, 0.15) is 23.2 Å². The highest BCUT2D eigenvalue weighted by molar-refractivity contribution is 5.99. The van der Waals surface area contributed by atoms with Crippen LogP contribution in [0, 0.1) is 0 Å². The van der Waals surface area contributed by atoms with Crippen molar-refractivity contribution in [1.29, 1.82) is 0 Å². The van der Waals surface area contributed by atoms with Crippen molar-refractivity contribution < 1.29 is 14.3 Å². The Balaban J connectivity index is 1.42. The molecule has 3 heterocycles. The Kier molecular flexibility index (Phi) is 4.71. The van der Waals surface area contributed by atoms with Gasteiger partial charge in [0.1, 0.15) is 6.10 Å². The number of carbonyl (C=O) groups excluding carboxylic acids is 2. The minimum absolute atomic E-state index is 0.0539. The molecule has 2 aromatic rings. The summed E-state index contributed by atoms with van der Waals surface area (Å²) < 4.78 is 5.48. The number of ether oxygens (including phenoxy) is 1. The molecule has 0 spiro atoms. The van der Waals surface area contributed by atoms with E-state index >= 15 is 0 Å². The first kappa shape index (κ1) is 16.8. The van der Waals surface area contributed by atoms with Gasteiger partial charge in [-0.05, 0) is 12.8 Å². The molecule has 0 aliphatic carbocycles.